The highest BCUT2D eigenvalue weighted by atomic mass is 32.2. The van der Waals surface area contributed by atoms with Gasteiger partial charge in [0.1, 0.15) is 6.17 Å². The number of thioether (sulfide) groups is 1. The molecule has 37 heavy (non-hydrogen) atoms. The van der Waals surface area contributed by atoms with E-state index < -0.39 is 12.8 Å². The monoisotopic (exact) mass is 526 g/mol. The Balaban J connectivity index is 1.62. The number of rotatable bonds is 9. The molecule has 2 atom stereocenters. The van der Waals surface area contributed by atoms with E-state index >= 15 is 0 Å². The number of methoxy groups -OCH3 is 1. The first-order chi connectivity index (χ1) is 17.8. The van der Waals surface area contributed by atoms with E-state index in [1.54, 1.807) is 48.7 Å². The number of pyridine rings is 1. The van der Waals surface area contributed by atoms with E-state index in [9.17, 15) is 18.4 Å². The normalized spacial score (nSPS) is 16.4. The summed E-state index contributed by atoms with van der Waals surface area (Å²) in [7, 11) is 1.35. The van der Waals surface area contributed by atoms with Crippen molar-refractivity contribution < 1.29 is 27.8 Å². The quantitative estimate of drug-likeness (QED) is 0.381. The van der Waals surface area contributed by atoms with E-state index in [-0.39, 0.29) is 27.8 Å². The maximum atomic E-state index is 12.9. The van der Waals surface area contributed by atoms with Gasteiger partial charge in [-0.25, -0.2) is 5.01 Å². The van der Waals surface area contributed by atoms with Crippen LogP contribution in [0.5, 0.6) is 11.5 Å². The number of nitrogens with two attached hydrogens (primary N) is 1. The number of alkyl halides is 2. The van der Waals surface area contributed by atoms with Gasteiger partial charge < -0.3 is 15.2 Å². The first-order valence-corrected chi connectivity index (χ1v) is 12.2. The summed E-state index contributed by atoms with van der Waals surface area (Å²) in [5.74, 6) is -0.178. The third-order valence-electron chi connectivity index (χ3n) is 5.70. The fraction of sp³-hybridized carbons (Fsp3) is 0.231. The molecule has 2 aromatic carbocycles. The standard InChI is InChI=1S/C26H24F2N4O4S/c1-3-21-22(17-10-11-19(36-25(27)28)20(13-17)35-2)31-32(26(34)37-21)24(29)16-8-6-15(7-9-16)23(33)18-5-4-12-30-14-18/h4-14,21,24-25H,3,29H2,1-2H3. The number of benzene rings is 2. The molecule has 192 valence electrons. The minimum absolute atomic E-state index is 0.107. The molecule has 0 aliphatic carbocycles. The molecule has 1 aliphatic rings. The van der Waals surface area contributed by atoms with Crippen molar-refractivity contribution in [3.05, 3.63) is 89.2 Å². The van der Waals surface area contributed by atoms with Gasteiger partial charge in [-0.15, -0.1) is 0 Å². The van der Waals surface area contributed by atoms with Crippen molar-refractivity contribution in [1.82, 2.24) is 9.99 Å². The van der Waals surface area contributed by atoms with Gasteiger partial charge in [-0.05, 0) is 42.3 Å². The molecule has 1 aliphatic heterocycles. The summed E-state index contributed by atoms with van der Waals surface area (Å²) in [6.07, 6.45) is 2.76. The molecule has 4 rings (SSSR count). The van der Waals surface area contributed by atoms with Crippen molar-refractivity contribution >= 4 is 28.5 Å². The van der Waals surface area contributed by atoms with E-state index in [2.05, 4.69) is 14.8 Å². The second kappa shape index (κ2) is 11.5. The lowest BCUT2D eigenvalue weighted by Crippen LogP contribution is -2.40. The fourth-order valence-electron chi connectivity index (χ4n) is 3.81. The first kappa shape index (κ1) is 26.2. The van der Waals surface area contributed by atoms with Crippen molar-refractivity contribution in [2.75, 3.05) is 7.11 Å². The third kappa shape index (κ3) is 5.78. The number of halogens is 2. The van der Waals surface area contributed by atoms with Gasteiger partial charge in [-0.2, -0.15) is 13.9 Å². The zero-order valence-corrected chi connectivity index (χ0v) is 20.8. The maximum absolute atomic E-state index is 12.9. The Kier molecular flexibility index (Phi) is 8.14. The molecular formula is C26H24F2N4O4S. The molecule has 1 aromatic heterocycles. The van der Waals surface area contributed by atoms with E-state index in [1.165, 1.54) is 30.4 Å². The van der Waals surface area contributed by atoms with Crippen LogP contribution in [0.2, 0.25) is 0 Å². The molecule has 0 fully saturated rings. The average molecular weight is 527 g/mol. The van der Waals surface area contributed by atoms with Gasteiger partial charge >= 0.3 is 11.9 Å². The number of hydrazone groups is 1. The summed E-state index contributed by atoms with van der Waals surface area (Å²) in [6.45, 7) is -1.08. The zero-order chi connectivity index (χ0) is 26.5. The summed E-state index contributed by atoms with van der Waals surface area (Å²) in [4.78, 5) is 29.6. The Bertz CT molecular complexity index is 1310. The van der Waals surface area contributed by atoms with Gasteiger partial charge in [0.05, 0.1) is 18.1 Å². The zero-order valence-electron chi connectivity index (χ0n) is 20.0. The number of ketones is 1. The molecular weight excluding hydrogens is 502 g/mol. The van der Waals surface area contributed by atoms with Gasteiger partial charge in [0.25, 0.3) is 0 Å². The first-order valence-electron chi connectivity index (χ1n) is 11.3. The molecule has 1 amide bonds. The van der Waals surface area contributed by atoms with E-state index in [0.29, 0.717) is 34.4 Å². The highest BCUT2D eigenvalue weighted by Gasteiger charge is 2.34. The third-order valence-corrected chi connectivity index (χ3v) is 6.93. The van der Waals surface area contributed by atoms with Crippen LogP contribution in [0.1, 0.15) is 46.6 Å². The molecule has 0 saturated carbocycles. The molecule has 2 N–H and O–H groups in total. The van der Waals surface area contributed by atoms with Crippen LogP contribution in [0.25, 0.3) is 0 Å². The van der Waals surface area contributed by atoms with Crippen LogP contribution >= 0.6 is 11.8 Å². The minimum Gasteiger partial charge on any atom is -0.493 e. The Hall–Kier alpha value is -3.83. The number of aromatic nitrogens is 1. The Labute approximate surface area is 216 Å². The summed E-state index contributed by atoms with van der Waals surface area (Å²) in [5, 5.41) is 5.14. The summed E-state index contributed by atoms with van der Waals surface area (Å²) >= 11 is 1.08. The largest absolute Gasteiger partial charge is 0.493 e. The number of carbonyl (C=O) groups excluding carboxylic acids is 2. The smallest absolute Gasteiger partial charge is 0.387 e. The second-order valence-electron chi connectivity index (χ2n) is 7.99. The van der Waals surface area contributed by atoms with Gasteiger partial charge in [-0.1, -0.05) is 43.0 Å². The topological polar surface area (TPSA) is 107 Å². The van der Waals surface area contributed by atoms with E-state index in [0.717, 1.165) is 11.8 Å². The SMILES string of the molecule is CCC1SC(=O)N(C(N)c2ccc(C(=O)c3cccnc3)cc2)N=C1c1ccc(OC(F)F)c(OC)c1. The van der Waals surface area contributed by atoms with Gasteiger partial charge in [0.15, 0.2) is 17.3 Å². The van der Waals surface area contributed by atoms with Gasteiger partial charge in [0.2, 0.25) is 0 Å². The maximum Gasteiger partial charge on any atom is 0.387 e. The molecule has 0 spiro atoms. The van der Waals surface area contributed by atoms with Crippen molar-refractivity contribution in [3.8, 4) is 11.5 Å². The number of amides is 1. The molecule has 2 unspecified atom stereocenters. The molecule has 2 heterocycles. The van der Waals surface area contributed by atoms with Crippen LogP contribution in [0, 0.1) is 0 Å². The van der Waals surface area contributed by atoms with Crippen LogP contribution < -0.4 is 15.2 Å². The lowest BCUT2D eigenvalue weighted by atomic mass is 10.0. The van der Waals surface area contributed by atoms with Crippen molar-refractivity contribution in [2.24, 2.45) is 10.8 Å². The van der Waals surface area contributed by atoms with Crippen molar-refractivity contribution in [2.45, 2.75) is 31.4 Å². The lowest BCUT2D eigenvalue weighted by molar-refractivity contribution is -0.0512. The Morgan fingerprint density at radius 3 is 2.51 bits per heavy atom. The highest BCUT2D eigenvalue weighted by Crippen LogP contribution is 2.35. The molecule has 0 saturated heterocycles. The molecule has 8 nitrogen and oxygen atoms in total. The molecule has 11 heteroatoms. The lowest BCUT2D eigenvalue weighted by Gasteiger charge is -2.32. The van der Waals surface area contributed by atoms with Crippen LogP contribution in [0.4, 0.5) is 13.6 Å². The minimum atomic E-state index is -3.00. The Morgan fingerprint density at radius 2 is 1.89 bits per heavy atom. The van der Waals surface area contributed by atoms with E-state index in [1.807, 2.05) is 6.92 Å². The van der Waals surface area contributed by atoms with Crippen molar-refractivity contribution in [3.63, 3.8) is 0 Å². The summed E-state index contributed by atoms with van der Waals surface area (Å²) < 4.78 is 35.2. The van der Waals surface area contributed by atoms with Crippen LogP contribution in [0.3, 0.4) is 0 Å². The molecule has 3 aromatic rings. The molecule has 0 bridgehead atoms. The van der Waals surface area contributed by atoms with Gasteiger partial charge in [0, 0.05) is 29.1 Å². The number of hydrogen-bond donors (Lipinski definition) is 1. The predicted molar refractivity (Wildman–Crippen MR) is 136 cm³/mol. The highest BCUT2D eigenvalue weighted by molar-refractivity contribution is 8.14. The Morgan fingerprint density at radius 1 is 1.14 bits per heavy atom. The van der Waals surface area contributed by atoms with Crippen molar-refractivity contribution in [1.29, 1.82) is 0 Å². The number of carbonyl (C=O) groups is 2. The summed E-state index contributed by atoms with van der Waals surface area (Å²) in [6, 6.07) is 14.5. The number of ether oxygens (including phenoxy) is 2. The predicted octanol–water partition coefficient (Wildman–Crippen LogP) is 5.23. The summed E-state index contributed by atoms with van der Waals surface area (Å²) in [5.41, 5.74) is 9.05. The molecule has 0 radical (unpaired) electrons. The van der Waals surface area contributed by atoms with Crippen LogP contribution in [0.15, 0.2) is 72.1 Å². The van der Waals surface area contributed by atoms with Gasteiger partial charge in [-0.3, -0.25) is 14.6 Å². The second-order valence-corrected chi connectivity index (χ2v) is 9.15. The van der Waals surface area contributed by atoms with Crippen LogP contribution in [-0.4, -0.2) is 45.7 Å². The average Bonchev–Trinajstić information content (AvgIpc) is 2.92. The van der Waals surface area contributed by atoms with E-state index in [4.69, 9.17) is 10.5 Å². The van der Waals surface area contributed by atoms with Crippen LogP contribution in [-0.2, 0) is 0 Å². The number of nitrogens with zero attached hydrogens (tertiary/aromatic N) is 3. The number of hydrogen-bond acceptors (Lipinski definition) is 8. The fourth-order valence-corrected chi connectivity index (χ4v) is 4.77.